The quantitative estimate of drug-likeness (QED) is 0.449. The average molecular weight is 562 g/mol. The Bertz CT molecular complexity index is 1390. The van der Waals surface area contributed by atoms with Crippen LogP contribution in [-0.4, -0.2) is 67.3 Å². The van der Waals surface area contributed by atoms with Gasteiger partial charge in [-0.15, -0.1) is 11.3 Å². The number of rotatable bonds is 6. The number of piperazine rings is 1. The summed E-state index contributed by atoms with van der Waals surface area (Å²) < 4.78 is 52.1. The number of anilines is 2. The van der Waals surface area contributed by atoms with Crippen molar-refractivity contribution < 1.29 is 32.5 Å². The van der Waals surface area contributed by atoms with E-state index < -0.39 is 23.8 Å². The summed E-state index contributed by atoms with van der Waals surface area (Å²) in [5.41, 5.74) is 0.748. The van der Waals surface area contributed by atoms with Gasteiger partial charge >= 0.3 is 12.1 Å². The number of pyridine rings is 1. The maximum atomic E-state index is 13.8. The summed E-state index contributed by atoms with van der Waals surface area (Å²) in [6.07, 6.45) is -1.56. The molecule has 0 amide bonds. The van der Waals surface area contributed by atoms with Gasteiger partial charge in [-0.1, -0.05) is 0 Å². The number of halogens is 3. The predicted octanol–water partition coefficient (Wildman–Crippen LogP) is 5.02. The third kappa shape index (κ3) is 5.31. The highest BCUT2D eigenvalue weighted by atomic mass is 32.1. The first-order chi connectivity index (χ1) is 18.7. The molecule has 206 valence electrons. The summed E-state index contributed by atoms with van der Waals surface area (Å²) >= 11 is 1.33. The van der Waals surface area contributed by atoms with Crippen molar-refractivity contribution in [3.8, 4) is 11.5 Å². The van der Waals surface area contributed by atoms with Crippen LogP contribution in [0.5, 0.6) is 11.5 Å². The van der Waals surface area contributed by atoms with Crippen LogP contribution in [-0.2, 0) is 11.0 Å². The van der Waals surface area contributed by atoms with Crippen molar-refractivity contribution in [3.63, 3.8) is 0 Å². The lowest BCUT2D eigenvalue weighted by Gasteiger charge is -2.44. The van der Waals surface area contributed by atoms with Crippen LogP contribution in [0.3, 0.4) is 0 Å². The second kappa shape index (κ2) is 10.6. The predicted molar refractivity (Wildman–Crippen MR) is 141 cm³/mol. The highest BCUT2D eigenvalue weighted by Crippen LogP contribution is 2.47. The van der Waals surface area contributed by atoms with Gasteiger partial charge in [-0.05, 0) is 29.6 Å². The van der Waals surface area contributed by atoms with Gasteiger partial charge in [0.05, 0.1) is 66.6 Å². The molecule has 1 N–H and O–H groups in total. The first-order valence-corrected chi connectivity index (χ1v) is 13.0. The van der Waals surface area contributed by atoms with Gasteiger partial charge < -0.3 is 24.4 Å². The molecule has 13 heteroatoms. The number of methoxy groups -OCH3 is 2. The Labute approximate surface area is 226 Å². The number of guanidine groups is 1. The molecule has 1 saturated heterocycles. The molecule has 39 heavy (non-hydrogen) atoms. The first kappa shape index (κ1) is 26.6. The van der Waals surface area contributed by atoms with E-state index in [1.54, 1.807) is 35.8 Å². The van der Waals surface area contributed by atoms with Crippen molar-refractivity contribution in [1.82, 2.24) is 9.88 Å². The highest BCUT2D eigenvalue weighted by Gasteiger charge is 2.40. The summed E-state index contributed by atoms with van der Waals surface area (Å²) in [6, 6.07) is 6.12. The van der Waals surface area contributed by atoms with Crippen molar-refractivity contribution in [2.75, 3.05) is 50.2 Å². The van der Waals surface area contributed by atoms with E-state index in [0.29, 0.717) is 48.5 Å². The average Bonchev–Trinajstić information content (AvgIpc) is 3.41. The molecule has 2 aliphatic heterocycles. The van der Waals surface area contributed by atoms with Crippen molar-refractivity contribution in [2.45, 2.75) is 18.6 Å². The number of hydrogen-bond donors (Lipinski definition) is 1. The van der Waals surface area contributed by atoms with Gasteiger partial charge in [-0.25, -0.2) is 4.99 Å². The van der Waals surface area contributed by atoms with Crippen molar-refractivity contribution in [2.24, 2.45) is 4.99 Å². The molecule has 4 heterocycles. The summed E-state index contributed by atoms with van der Waals surface area (Å²) in [5, 5.41) is 11.6. The number of carboxylic acids is 1. The van der Waals surface area contributed by atoms with E-state index in [1.165, 1.54) is 24.5 Å². The molecule has 0 aliphatic carbocycles. The minimum absolute atomic E-state index is 0.107. The second-order valence-electron chi connectivity index (χ2n) is 9.01. The fourth-order valence-electron chi connectivity index (χ4n) is 4.83. The highest BCUT2D eigenvalue weighted by molar-refractivity contribution is 7.10. The molecule has 3 aromatic rings. The van der Waals surface area contributed by atoms with Gasteiger partial charge in [0.1, 0.15) is 11.5 Å². The van der Waals surface area contributed by atoms with E-state index in [0.717, 1.165) is 17.8 Å². The van der Waals surface area contributed by atoms with E-state index in [2.05, 4.69) is 9.88 Å². The number of carbonyl (C=O) groups is 1. The Kier molecular flexibility index (Phi) is 7.25. The zero-order chi connectivity index (χ0) is 27.7. The Morgan fingerprint density at radius 1 is 1.08 bits per heavy atom. The monoisotopic (exact) mass is 561 g/mol. The van der Waals surface area contributed by atoms with Gasteiger partial charge in [0.2, 0.25) is 5.96 Å². The summed E-state index contributed by atoms with van der Waals surface area (Å²) in [4.78, 5) is 27.4. The first-order valence-electron chi connectivity index (χ1n) is 12.1. The normalized spacial score (nSPS) is 17.5. The maximum absolute atomic E-state index is 13.8. The smallest absolute Gasteiger partial charge is 0.416 e. The molecule has 2 aromatic heterocycles. The lowest BCUT2D eigenvalue weighted by atomic mass is 10.0. The third-order valence-electron chi connectivity index (χ3n) is 6.72. The standard InChI is InChI=1S/C26H26F3N5O4S/c1-37-18-12-17(14-30-15-18)32-6-8-33(9-7-32)25-31-19-5-10-39-24(19)21(13-23(35)36)34(25)20-11-16(26(27,28)29)3-4-22(20)38-2/h3-5,10-12,14-15,21H,6-9,13H2,1-2H3,(H,35,36). The van der Waals surface area contributed by atoms with Crippen LogP contribution in [0.1, 0.15) is 22.9 Å². The molecule has 5 rings (SSSR count). The molecule has 0 saturated carbocycles. The van der Waals surface area contributed by atoms with Crippen LogP contribution in [0.15, 0.2) is 53.1 Å². The topological polar surface area (TPSA) is 90.7 Å². The van der Waals surface area contributed by atoms with Crippen molar-refractivity contribution in [3.05, 3.63) is 58.5 Å². The number of fused-ring (bicyclic) bond motifs is 1. The van der Waals surface area contributed by atoms with Crippen molar-refractivity contribution in [1.29, 1.82) is 0 Å². The zero-order valence-corrected chi connectivity index (χ0v) is 22.0. The Morgan fingerprint density at radius 3 is 2.49 bits per heavy atom. The van der Waals surface area contributed by atoms with Gasteiger partial charge in [-0.2, -0.15) is 13.2 Å². The van der Waals surface area contributed by atoms with Crippen LogP contribution < -0.4 is 19.3 Å². The number of thiophene rings is 1. The zero-order valence-electron chi connectivity index (χ0n) is 21.2. The van der Waals surface area contributed by atoms with Gasteiger partial charge in [0, 0.05) is 32.2 Å². The van der Waals surface area contributed by atoms with E-state index >= 15 is 0 Å². The number of aliphatic carboxylic acids is 1. The SMILES string of the molecule is COc1cncc(N2CCN(C3=Nc4ccsc4C(CC(=O)O)N3c3cc(C(F)(F)F)ccc3OC)CC2)c1. The van der Waals surface area contributed by atoms with Crippen LogP contribution >= 0.6 is 11.3 Å². The fraction of sp³-hybridized carbons (Fsp3) is 0.346. The van der Waals surface area contributed by atoms with E-state index in [-0.39, 0.29) is 17.9 Å². The van der Waals surface area contributed by atoms with Crippen molar-refractivity contribution >= 4 is 40.3 Å². The molecule has 9 nitrogen and oxygen atoms in total. The Balaban J connectivity index is 1.55. The van der Waals surface area contributed by atoms with E-state index in [9.17, 15) is 23.1 Å². The third-order valence-corrected chi connectivity index (χ3v) is 7.73. The molecule has 1 atom stereocenters. The number of aromatic nitrogens is 1. The molecule has 1 fully saturated rings. The van der Waals surface area contributed by atoms with Gasteiger partial charge in [-0.3, -0.25) is 14.7 Å². The number of alkyl halides is 3. The van der Waals surface area contributed by atoms with Crippen LogP contribution in [0.25, 0.3) is 0 Å². The lowest BCUT2D eigenvalue weighted by molar-refractivity contribution is -0.138. The number of carboxylic acid groups (broad SMARTS) is 1. The molecule has 0 spiro atoms. The number of ether oxygens (including phenoxy) is 2. The van der Waals surface area contributed by atoms with Gasteiger partial charge in [0.25, 0.3) is 0 Å². The van der Waals surface area contributed by atoms with Crippen LogP contribution in [0, 0.1) is 0 Å². The lowest BCUT2D eigenvalue weighted by Crippen LogP contribution is -2.55. The molecule has 0 radical (unpaired) electrons. The molecule has 0 bridgehead atoms. The molecular weight excluding hydrogens is 535 g/mol. The van der Waals surface area contributed by atoms with Crippen LogP contribution in [0.4, 0.5) is 30.2 Å². The Hall–Kier alpha value is -4.00. The molecule has 1 unspecified atom stereocenters. The fourth-order valence-corrected chi connectivity index (χ4v) is 5.76. The Morgan fingerprint density at radius 2 is 1.82 bits per heavy atom. The van der Waals surface area contributed by atoms with E-state index in [4.69, 9.17) is 14.5 Å². The minimum atomic E-state index is -4.60. The molecule has 2 aliphatic rings. The summed E-state index contributed by atoms with van der Waals surface area (Å²) in [6.45, 7) is 2.16. The van der Waals surface area contributed by atoms with Crippen LogP contribution in [0.2, 0.25) is 0 Å². The number of benzene rings is 1. The molecular formula is C26H26F3N5O4S. The summed E-state index contributed by atoms with van der Waals surface area (Å²) in [7, 11) is 2.94. The van der Waals surface area contributed by atoms with Gasteiger partial charge in [0.15, 0.2) is 0 Å². The largest absolute Gasteiger partial charge is 0.495 e. The molecule has 1 aromatic carbocycles. The second-order valence-corrected chi connectivity index (χ2v) is 9.95. The summed E-state index contributed by atoms with van der Waals surface area (Å²) in [5.74, 6) is 0.128. The maximum Gasteiger partial charge on any atom is 0.416 e. The number of hydrogen-bond acceptors (Lipinski definition) is 9. The number of nitrogens with zero attached hydrogens (tertiary/aromatic N) is 5. The number of aliphatic imine (C=N–C) groups is 1. The van der Waals surface area contributed by atoms with E-state index in [1.807, 2.05) is 11.0 Å². The minimum Gasteiger partial charge on any atom is -0.495 e.